The third kappa shape index (κ3) is 4.35. The van der Waals surface area contributed by atoms with Crippen molar-refractivity contribution in [3.05, 3.63) is 47.7 Å². The van der Waals surface area contributed by atoms with Gasteiger partial charge in [-0.05, 0) is 42.2 Å². The van der Waals surface area contributed by atoms with Crippen molar-refractivity contribution in [2.75, 3.05) is 5.32 Å². The molecule has 0 spiro atoms. The lowest BCUT2D eigenvalue weighted by molar-refractivity contribution is -0.145. The van der Waals surface area contributed by atoms with Gasteiger partial charge in [0.05, 0.1) is 12.5 Å². The first-order valence-corrected chi connectivity index (χ1v) is 8.03. The first kappa shape index (κ1) is 17.4. The first-order valence-electron chi connectivity index (χ1n) is 8.03. The number of benzene rings is 1. The van der Waals surface area contributed by atoms with Gasteiger partial charge in [-0.1, -0.05) is 12.1 Å². The van der Waals surface area contributed by atoms with Crippen LogP contribution in [0.2, 0.25) is 0 Å². The Balaban J connectivity index is 1.60. The van der Waals surface area contributed by atoms with E-state index in [-0.39, 0.29) is 0 Å². The molecule has 8 nitrogen and oxygen atoms in total. The van der Waals surface area contributed by atoms with Crippen molar-refractivity contribution < 1.29 is 19.4 Å². The molecule has 3 rings (SSSR count). The van der Waals surface area contributed by atoms with Gasteiger partial charge in [0, 0.05) is 0 Å². The number of pyridine rings is 1. The Morgan fingerprint density at radius 2 is 2.35 bits per heavy atom. The van der Waals surface area contributed by atoms with E-state index < -0.39 is 12.1 Å². The van der Waals surface area contributed by atoms with Gasteiger partial charge in [0.15, 0.2) is 6.10 Å². The quantitative estimate of drug-likeness (QED) is 0.519. The van der Waals surface area contributed by atoms with E-state index in [0.717, 1.165) is 17.5 Å². The zero-order valence-electron chi connectivity index (χ0n) is 13.9. The maximum Gasteiger partial charge on any atom is 0.344 e. The smallest absolute Gasteiger partial charge is 0.344 e. The number of carbonyl (C=O) groups is 1. The van der Waals surface area contributed by atoms with Crippen molar-refractivity contribution in [1.29, 1.82) is 5.41 Å². The summed E-state index contributed by atoms with van der Waals surface area (Å²) in [7, 11) is 0. The van der Waals surface area contributed by atoms with Crippen molar-refractivity contribution in [2.45, 2.75) is 25.6 Å². The van der Waals surface area contributed by atoms with Crippen LogP contribution in [-0.2, 0) is 17.8 Å². The summed E-state index contributed by atoms with van der Waals surface area (Å²) in [5.74, 6) is 0.849. The van der Waals surface area contributed by atoms with E-state index in [1.54, 1.807) is 18.3 Å². The summed E-state index contributed by atoms with van der Waals surface area (Å²) in [5.41, 5.74) is 1.89. The van der Waals surface area contributed by atoms with Crippen LogP contribution < -0.4 is 14.8 Å². The van der Waals surface area contributed by atoms with Crippen LogP contribution in [0.3, 0.4) is 0 Å². The number of rotatable bonds is 7. The molecule has 2 heterocycles. The molecule has 26 heavy (non-hydrogen) atoms. The maximum absolute atomic E-state index is 11.1. The Hall–Kier alpha value is -3.42. The van der Waals surface area contributed by atoms with E-state index in [1.165, 1.54) is 6.34 Å². The largest absolute Gasteiger partial charge is 0.487 e. The molecular weight excluding hydrogens is 336 g/mol. The van der Waals surface area contributed by atoms with Crippen LogP contribution in [0.4, 0.5) is 5.82 Å². The lowest BCUT2D eigenvalue weighted by atomic mass is 10.0. The van der Waals surface area contributed by atoms with Crippen LogP contribution in [-0.4, -0.2) is 34.8 Å². The van der Waals surface area contributed by atoms with Crippen molar-refractivity contribution in [3.8, 4) is 11.5 Å². The highest BCUT2D eigenvalue weighted by Crippen LogP contribution is 2.29. The van der Waals surface area contributed by atoms with Crippen molar-refractivity contribution >= 4 is 24.5 Å². The fourth-order valence-electron chi connectivity index (χ4n) is 2.54. The molecule has 0 fully saturated rings. The monoisotopic (exact) mass is 354 g/mol. The van der Waals surface area contributed by atoms with Crippen LogP contribution >= 0.6 is 0 Å². The maximum atomic E-state index is 11.1. The molecule has 1 aromatic carbocycles. The summed E-state index contributed by atoms with van der Waals surface area (Å²) in [4.78, 5) is 18.9. The molecule has 134 valence electrons. The zero-order chi connectivity index (χ0) is 18.4. The summed E-state index contributed by atoms with van der Waals surface area (Å²) in [5, 5.41) is 18.7. The second-order valence-corrected chi connectivity index (χ2v) is 5.64. The fraction of sp³-hybridized carbons (Fsp3) is 0.222. The molecule has 3 N–H and O–H groups in total. The topological polar surface area (TPSA) is 117 Å². The number of carboxylic acids is 1. The highest BCUT2D eigenvalue weighted by Gasteiger charge is 2.25. The Kier molecular flexibility index (Phi) is 5.43. The first-order chi connectivity index (χ1) is 12.7. The predicted molar refractivity (Wildman–Crippen MR) is 96.3 cm³/mol. The predicted octanol–water partition coefficient (Wildman–Crippen LogP) is 2.49. The third-order valence-electron chi connectivity index (χ3n) is 3.86. The van der Waals surface area contributed by atoms with Gasteiger partial charge in [-0.15, -0.1) is 0 Å². The number of nitrogens with zero attached hydrogens (tertiary/aromatic N) is 2. The van der Waals surface area contributed by atoms with Gasteiger partial charge >= 0.3 is 5.97 Å². The van der Waals surface area contributed by atoms with Crippen molar-refractivity contribution in [3.63, 3.8) is 0 Å². The van der Waals surface area contributed by atoms with E-state index >= 15 is 0 Å². The number of hydrogen-bond acceptors (Lipinski definition) is 5. The van der Waals surface area contributed by atoms with Crippen LogP contribution in [0, 0.1) is 5.41 Å². The number of aryl methyl sites for hydroxylation is 1. The van der Waals surface area contributed by atoms with Gasteiger partial charge in [0.2, 0.25) is 0 Å². The minimum atomic E-state index is -0.942. The van der Waals surface area contributed by atoms with E-state index in [0.29, 0.717) is 36.8 Å². The molecule has 2 aromatic rings. The number of nitrogens with one attached hydrogen (secondary N) is 2. The van der Waals surface area contributed by atoms with Crippen LogP contribution in [0.5, 0.6) is 11.5 Å². The number of carboxylic acid groups (broad SMARTS) is 1. The second-order valence-electron chi connectivity index (χ2n) is 5.64. The Morgan fingerprint density at radius 3 is 3.08 bits per heavy atom. The third-order valence-corrected chi connectivity index (χ3v) is 3.86. The van der Waals surface area contributed by atoms with Gasteiger partial charge in [-0.25, -0.2) is 14.8 Å². The molecule has 1 aliphatic heterocycles. The molecule has 1 atom stereocenters. The van der Waals surface area contributed by atoms with Gasteiger partial charge in [-0.2, -0.15) is 0 Å². The number of aliphatic imine (C=N–C) groups is 1. The summed E-state index contributed by atoms with van der Waals surface area (Å²) in [6.45, 7) is 0.318. The number of ether oxygens (including phenoxy) is 2. The minimum absolute atomic E-state index is 0.318. The summed E-state index contributed by atoms with van der Waals surface area (Å²) in [6, 6.07) is 9.21. The molecule has 8 heteroatoms. The highest BCUT2D eigenvalue weighted by molar-refractivity contribution is 5.80. The lowest BCUT2D eigenvalue weighted by Gasteiger charge is -2.23. The van der Waals surface area contributed by atoms with Crippen molar-refractivity contribution in [2.24, 2.45) is 4.99 Å². The van der Waals surface area contributed by atoms with Gasteiger partial charge in [0.25, 0.3) is 0 Å². The summed E-state index contributed by atoms with van der Waals surface area (Å²) in [6.07, 6.45) is 4.25. The molecule has 0 saturated carbocycles. The van der Waals surface area contributed by atoms with Crippen molar-refractivity contribution in [1.82, 2.24) is 4.98 Å². The van der Waals surface area contributed by atoms with Crippen LogP contribution in [0.1, 0.15) is 17.5 Å². The zero-order valence-corrected chi connectivity index (χ0v) is 13.9. The molecule has 0 aliphatic carbocycles. The van der Waals surface area contributed by atoms with Crippen LogP contribution in [0.15, 0.2) is 41.5 Å². The number of aromatic nitrogens is 1. The summed E-state index contributed by atoms with van der Waals surface area (Å²) < 4.78 is 11.3. The van der Waals surface area contributed by atoms with E-state index in [9.17, 15) is 4.79 Å². The fourth-order valence-corrected chi connectivity index (χ4v) is 2.54. The molecule has 0 saturated heterocycles. The SMILES string of the molecule is N=C/N=C\Nc1ccc(OCc2ccc3c(c2)OC(C(=O)O)CC3)cn1. The van der Waals surface area contributed by atoms with E-state index in [2.05, 4.69) is 15.3 Å². The minimum Gasteiger partial charge on any atom is -0.487 e. The Morgan fingerprint density at radius 1 is 1.46 bits per heavy atom. The Bertz CT molecular complexity index is 820. The molecule has 0 bridgehead atoms. The van der Waals surface area contributed by atoms with Gasteiger partial charge in [0.1, 0.15) is 30.3 Å². The molecule has 0 radical (unpaired) electrons. The lowest BCUT2D eigenvalue weighted by Crippen LogP contribution is -2.30. The number of hydrogen-bond donors (Lipinski definition) is 3. The molecule has 0 amide bonds. The highest BCUT2D eigenvalue weighted by atomic mass is 16.5. The standard InChI is InChI=1S/C18H18N4O4/c19-10-20-11-22-17-6-4-14(8-21-17)25-9-12-1-2-13-3-5-15(18(23)24)26-16(13)7-12/h1-2,4,6-8,10-11,15H,3,5,9H2,(H,23,24)(H2,19,20,21,22). The number of fused-ring (bicyclic) bond motifs is 1. The van der Waals surface area contributed by atoms with Crippen LogP contribution in [0.25, 0.3) is 0 Å². The molecule has 1 aromatic heterocycles. The van der Waals surface area contributed by atoms with E-state index in [1.807, 2.05) is 18.2 Å². The average Bonchev–Trinajstić information content (AvgIpc) is 2.67. The normalized spacial score (nSPS) is 15.8. The van der Waals surface area contributed by atoms with Gasteiger partial charge < -0.3 is 19.9 Å². The van der Waals surface area contributed by atoms with Gasteiger partial charge in [-0.3, -0.25) is 5.41 Å². The number of aliphatic carboxylic acids is 1. The molecule has 1 aliphatic rings. The number of anilines is 1. The second kappa shape index (κ2) is 8.11. The molecular formula is C18H18N4O4. The molecule has 1 unspecified atom stereocenters. The summed E-state index contributed by atoms with van der Waals surface area (Å²) >= 11 is 0. The van der Waals surface area contributed by atoms with E-state index in [4.69, 9.17) is 20.0 Å². The Labute approximate surface area is 150 Å². The average molecular weight is 354 g/mol.